The molecule has 0 aliphatic heterocycles. The third kappa shape index (κ3) is 8.82. The summed E-state index contributed by atoms with van der Waals surface area (Å²) >= 11 is 0. The topological polar surface area (TPSA) is 86.2 Å². The van der Waals surface area contributed by atoms with E-state index in [2.05, 4.69) is 24.6 Å². The molecule has 0 spiro atoms. The minimum atomic E-state index is -1.10. The van der Waals surface area contributed by atoms with Crippen LogP contribution in [0.5, 0.6) is 0 Å². The van der Waals surface area contributed by atoms with Gasteiger partial charge >= 0.3 is 11.8 Å². The van der Waals surface area contributed by atoms with Crippen molar-refractivity contribution in [3.63, 3.8) is 0 Å². The molecule has 0 aromatic rings. The summed E-state index contributed by atoms with van der Waals surface area (Å²) in [5, 5.41) is 0. The summed E-state index contributed by atoms with van der Waals surface area (Å²) in [5.74, 6) is -2.20. The van der Waals surface area contributed by atoms with Crippen LogP contribution in [0.4, 0.5) is 0 Å². The van der Waals surface area contributed by atoms with Crippen LogP contribution in [0.3, 0.4) is 0 Å². The zero-order valence-corrected chi connectivity index (χ0v) is 4.39. The second-order valence-electron chi connectivity index (χ2n) is 0.729. The van der Waals surface area contributed by atoms with Gasteiger partial charge in [0.2, 0.25) is 0 Å². The number of rotatable bonds is 0. The average Bonchev–Trinajstić information content (AvgIpc) is 1.72. The predicted octanol–water partition coefficient (Wildman–Crippen LogP) is -1.24. The summed E-state index contributed by atoms with van der Waals surface area (Å²) in [4.78, 5) is 18.9. The second-order valence-corrected chi connectivity index (χ2v) is 0.729. The molecule has 2 amide bonds. The van der Waals surface area contributed by atoms with Crippen LogP contribution in [0, 0.1) is 0 Å². The molecule has 4 heteroatoms. The van der Waals surface area contributed by atoms with E-state index >= 15 is 0 Å². The summed E-state index contributed by atoms with van der Waals surface area (Å²) in [7, 11) is 0. The van der Waals surface area contributed by atoms with Crippen molar-refractivity contribution in [2.45, 2.75) is 0 Å². The number of hydrogen-bond acceptors (Lipinski definition) is 2. The molecule has 0 unspecified atom stereocenters. The van der Waals surface area contributed by atoms with E-state index in [4.69, 9.17) is 0 Å². The van der Waals surface area contributed by atoms with Crippen LogP contribution in [0.2, 0.25) is 0 Å². The van der Waals surface area contributed by atoms with Crippen LogP contribution < -0.4 is 11.5 Å². The summed E-state index contributed by atoms with van der Waals surface area (Å²) < 4.78 is 0. The van der Waals surface area contributed by atoms with Crippen molar-refractivity contribution in [3.05, 3.63) is 13.2 Å². The fraction of sp³-hybridized carbons (Fsp3) is 0. The van der Waals surface area contributed by atoms with Crippen molar-refractivity contribution < 1.29 is 9.59 Å². The number of primary amides is 2. The van der Waals surface area contributed by atoms with Gasteiger partial charge in [0.25, 0.3) is 0 Å². The summed E-state index contributed by atoms with van der Waals surface area (Å²) in [6.07, 6.45) is 0. The molecule has 0 fully saturated rings. The molecule has 0 saturated heterocycles. The molecular weight excluding hydrogens is 108 g/mol. The standard InChI is InChI=1S/C2H4N2O2.C2H4/c3-1(5)2(4)6;1-2/h(H2,3,5)(H2,4,6);1-2H2. The molecule has 0 radical (unpaired) electrons. The van der Waals surface area contributed by atoms with Gasteiger partial charge in [-0.15, -0.1) is 13.2 Å². The van der Waals surface area contributed by atoms with E-state index in [0.29, 0.717) is 0 Å². The fourth-order valence-corrected chi connectivity index (χ4v) is 0. The van der Waals surface area contributed by atoms with E-state index in [0.717, 1.165) is 0 Å². The Balaban J connectivity index is 0. The third-order valence-corrected chi connectivity index (χ3v) is 0.243. The average molecular weight is 116 g/mol. The Morgan fingerprint density at radius 1 is 1.00 bits per heavy atom. The second kappa shape index (κ2) is 5.68. The SMILES string of the molecule is C=C.NC(=O)C(N)=O. The van der Waals surface area contributed by atoms with Crippen molar-refractivity contribution >= 4 is 11.8 Å². The Hall–Kier alpha value is -1.32. The maximum absolute atomic E-state index is 9.45. The van der Waals surface area contributed by atoms with Gasteiger partial charge in [-0.2, -0.15) is 0 Å². The molecule has 0 aromatic heterocycles. The molecular formula is C4H8N2O2. The first-order valence-corrected chi connectivity index (χ1v) is 1.74. The van der Waals surface area contributed by atoms with Crippen LogP contribution in [0.1, 0.15) is 0 Å². The van der Waals surface area contributed by atoms with E-state index in [1.165, 1.54) is 0 Å². The zero-order valence-electron chi connectivity index (χ0n) is 4.39. The monoisotopic (exact) mass is 116 g/mol. The molecule has 46 valence electrons. The highest BCUT2D eigenvalue weighted by atomic mass is 16.2. The molecule has 0 saturated carbocycles. The van der Waals surface area contributed by atoms with Gasteiger partial charge in [-0.25, -0.2) is 0 Å². The van der Waals surface area contributed by atoms with Crippen molar-refractivity contribution in [1.82, 2.24) is 0 Å². The summed E-state index contributed by atoms with van der Waals surface area (Å²) in [6, 6.07) is 0. The number of hydrogen-bond donors (Lipinski definition) is 2. The van der Waals surface area contributed by atoms with Gasteiger partial charge in [0.05, 0.1) is 0 Å². The Bertz CT molecular complexity index is 88.2. The van der Waals surface area contributed by atoms with Crippen molar-refractivity contribution in [2.24, 2.45) is 11.5 Å². The van der Waals surface area contributed by atoms with Gasteiger partial charge in [0.1, 0.15) is 0 Å². The molecule has 0 atom stereocenters. The highest BCUT2D eigenvalue weighted by molar-refractivity contribution is 6.33. The number of carbonyl (C=O) groups excluding carboxylic acids is 2. The molecule has 0 aromatic carbocycles. The van der Waals surface area contributed by atoms with Crippen LogP contribution in [0.15, 0.2) is 13.2 Å². The lowest BCUT2D eigenvalue weighted by Gasteiger charge is -1.75. The maximum Gasteiger partial charge on any atom is 0.306 e. The Labute approximate surface area is 47.2 Å². The van der Waals surface area contributed by atoms with Crippen LogP contribution in [-0.4, -0.2) is 11.8 Å². The zero-order chi connectivity index (χ0) is 7.15. The van der Waals surface area contributed by atoms with E-state index in [-0.39, 0.29) is 0 Å². The van der Waals surface area contributed by atoms with Gasteiger partial charge in [0.15, 0.2) is 0 Å². The molecule has 4 nitrogen and oxygen atoms in total. The Kier molecular flexibility index (Phi) is 6.99. The van der Waals surface area contributed by atoms with Gasteiger partial charge in [0, 0.05) is 0 Å². The lowest BCUT2D eigenvalue weighted by Crippen LogP contribution is -2.29. The smallest absolute Gasteiger partial charge is 0.306 e. The molecule has 0 heterocycles. The van der Waals surface area contributed by atoms with Crippen LogP contribution in [0.25, 0.3) is 0 Å². The quantitative estimate of drug-likeness (QED) is 0.306. The number of nitrogens with two attached hydrogens (primary N) is 2. The Morgan fingerprint density at radius 2 is 1.12 bits per heavy atom. The molecule has 0 aliphatic rings. The minimum absolute atomic E-state index is 1.10. The van der Waals surface area contributed by atoms with Crippen LogP contribution in [-0.2, 0) is 9.59 Å². The highest BCUT2D eigenvalue weighted by Gasteiger charge is 1.96. The highest BCUT2D eigenvalue weighted by Crippen LogP contribution is 1.44. The minimum Gasteiger partial charge on any atom is -0.361 e. The molecule has 0 rings (SSSR count). The predicted molar refractivity (Wildman–Crippen MR) is 29.6 cm³/mol. The van der Waals surface area contributed by atoms with Gasteiger partial charge < -0.3 is 11.5 Å². The summed E-state index contributed by atoms with van der Waals surface area (Å²) in [5.41, 5.74) is 8.64. The van der Waals surface area contributed by atoms with Gasteiger partial charge in [-0.05, 0) is 0 Å². The molecule has 8 heavy (non-hydrogen) atoms. The van der Waals surface area contributed by atoms with Gasteiger partial charge in [-0.3, -0.25) is 9.59 Å². The van der Waals surface area contributed by atoms with Crippen molar-refractivity contribution in [2.75, 3.05) is 0 Å². The molecule has 0 bridgehead atoms. The van der Waals surface area contributed by atoms with Crippen molar-refractivity contribution in [1.29, 1.82) is 0 Å². The van der Waals surface area contributed by atoms with E-state index in [1.807, 2.05) is 0 Å². The van der Waals surface area contributed by atoms with E-state index < -0.39 is 11.8 Å². The van der Waals surface area contributed by atoms with Crippen LogP contribution >= 0.6 is 0 Å². The van der Waals surface area contributed by atoms with E-state index in [9.17, 15) is 9.59 Å². The third-order valence-electron chi connectivity index (χ3n) is 0.243. The van der Waals surface area contributed by atoms with Gasteiger partial charge in [-0.1, -0.05) is 0 Å². The van der Waals surface area contributed by atoms with Crippen molar-refractivity contribution in [3.8, 4) is 0 Å². The number of carbonyl (C=O) groups is 2. The largest absolute Gasteiger partial charge is 0.361 e. The summed E-state index contributed by atoms with van der Waals surface area (Å²) in [6.45, 7) is 6.00. The lowest BCUT2D eigenvalue weighted by molar-refractivity contribution is -0.135. The lowest BCUT2D eigenvalue weighted by atomic mass is 10.6. The first kappa shape index (κ1) is 9.84. The first-order chi connectivity index (χ1) is 3.64. The van der Waals surface area contributed by atoms with E-state index in [1.54, 1.807) is 0 Å². The first-order valence-electron chi connectivity index (χ1n) is 1.74. The fourth-order valence-electron chi connectivity index (χ4n) is 0. The molecule has 0 aliphatic carbocycles. The normalized spacial score (nSPS) is 6.00. The molecule has 4 N–H and O–H groups in total. The Morgan fingerprint density at radius 3 is 1.12 bits per heavy atom. The maximum atomic E-state index is 9.45. The number of amides is 2.